The summed E-state index contributed by atoms with van der Waals surface area (Å²) in [6.07, 6.45) is -6.29. The summed E-state index contributed by atoms with van der Waals surface area (Å²) in [5.74, 6) is 0. The normalized spacial score (nSPS) is 11.6. The molecule has 0 unspecified atom stereocenters. The van der Waals surface area contributed by atoms with Gasteiger partial charge in [0.25, 0.3) is 0 Å². The molecular formula is C4H4CuF5NO3S. The first-order chi connectivity index (χ1) is 5.91. The van der Waals surface area contributed by atoms with Gasteiger partial charge in [-0.05, 0) is 0 Å². The first kappa shape index (κ1) is 20.0. The predicted octanol–water partition coefficient (Wildman–Crippen LogP) is 1.56. The van der Waals surface area contributed by atoms with Crippen LogP contribution in [0, 0.1) is 11.3 Å². The summed E-state index contributed by atoms with van der Waals surface area (Å²) in [5, 5.41) is 1.22. The van der Waals surface area contributed by atoms with Gasteiger partial charge in [0.15, 0.2) is 0 Å². The number of hydrogen-bond acceptors (Lipinski definition) is 3. The maximum Gasteiger partial charge on any atom is 0.472 e. The standard InChI is InChI=1S/C2HF5O3S.C2H3N.Cu/c3-1(4,5)2(6,7)11(8,9)10;1-2-3;/h(H,8,9,10);1H3;. The minimum Gasteiger partial charge on any atom is -0.281 e. The van der Waals surface area contributed by atoms with E-state index in [1.54, 1.807) is 6.07 Å². The van der Waals surface area contributed by atoms with Gasteiger partial charge in [0.05, 0.1) is 6.07 Å². The van der Waals surface area contributed by atoms with Gasteiger partial charge in [-0.15, -0.1) is 0 Å². The van der Waals surface area contributed by atoms with Crippen molar-refractivity contribution in [2.24, 2.45) is 0 Å². The van der Waals surface area contributed by atoms with Crippen LogP contribution in [0.2, 0.25) is 0 Å². The Balaban J connectivity index is -0.000000320. The van der Waals surface area contributed by atoms with Crippen molar-refractivity contribution in [3.63, 3.8) is 0 Å². The molecule has 0 aliphatic rings. The van der Waals surface area contributed by atoms with Gasteiger partial charge >= 0.3 is 21.5 Å². The van der Waals surface area contributed by atoms with E-state index in [2.05, 4.69) is 0 Å². The quantitative estimate of drug-likeness (QED) is 0.453. The van der Waals surface area contributed by atoms with Crippen LogP contribution in [0.4, 0.5) is 22.0 Å². The molecule has 95 valence electrons. The molecule has 0 spiro atoms. The fraction of sp³-hybridized carbons (Fsp3) is 0.750. The molecule has 0 aliphatic carbocycles. The molecule has 0 aromatic rings. The van der Waals surface area contributed by atoms with E-state index in [0.717, 1.165) is 0 Å². The Morgan fingerprint density at radius 2 is 1.40 bits per heavy atom. The molecule has 0 aromatic heterocycles. The van der Waals surface area contributed by atoms with E-state index in [4.69, 9.17) is 9.81 Å². The summed E-state index contributed by atoms with van der Waals surface area (Å²) in [6.45, 7) is 1.43. The van der Waals surface area contributed by atoms with Gasteiger partial charge in [0.2, 0.25) is 0 Å². The molecule has 0 fully saturated rings. The van der Waals surface area contributed by atoms with E-state index >= 15 is 0 Å². The van der Waals surface area contributed by atoms with Gasteiger partial charge in [-0.2, -0.15) is 35.6 Å². The maximum atomic E-state index is 11.5. The van der Waals surface area contributed by atoms with Gasteiger partial charge in [-0.25, -0.2) is 0 Å². The Morgan fingerprint density at radius 1 is 1.20 bits per heavy atom. The van der Waals surface area contributed by atoms with Crippen molar-refractivity contribution in [1.29, 1.82) is 5.26 Å². The van der Waals surface area contributed by atoms with Gasteiger partial charge < -0.3 is 0 Å². The van der Waals surface area contributed by atoms with Gasteiger partial charge in [0.1, 0.15) is 0 Å². The van der Waals surface area contributed by atoms with Crippen LogP contribution in [-0.2, 0) is 27.2 Å². The Morgan fingerprint density at radius 3 is 1.40 bits per heavy atom. The molecule has 1 N–H and O–H groups in total. The molecule has 4 nitrogen and oxygen atoms in total. The summed E-state index contributed by atoms with van der Waals surface area (Å²) >= 11 is 0. The van der Waals surface area contributed by atoms with Crippen molar-refractivity contribution < 1.29 is 52.0 Å². The van der Waals surface area contributed by atoms with Crippen molar-refractivity contribution in [2.75, 3.05) is 0 Å². The number of nitrogens with zero attached hydrogens (tertiary/aromatic N) is 1. The van der Waals surface area contributed by atoms with Gasteiger partial charge in [-0.3, -0.25) is 4.55 Å². The molecule has 0 aliphatic heterocycles. The molecule has 0 heterocycles. The van der Waals surface area contributed by atoms with E-state index in [-0.39, 0.29) is 17.1 Å². The molecule has 1 radical (unpaired) electrons. The zero-order valence-electron chi connectivity index (χ0n) is 6.81. The van der Waals surface area contributed by atoms with E-state index < -0.39 is 21.5 Å². The Labute approximate surface area is 92.3 Å². The fourth-order valence-electron chi connectivity index (χ4n) is 0.146. The maximum absolute atomic E-state index is 11.5. The third kappa shape index (κ3) is 5.88. The van der Waals surface area contributed by atoms with Crippen LogP contribution in [0.15, 0.2) is 0 Å². The Bertz CT molecular complexity index is 318. The molecular weight excluding hydrogens is 301 g/mol. The zero-order valence-corrected chi connectivity index (χ0v) is 8.57. The molecule has 0 aromatic carbocycles. The van der Waals surface area contributed by atoms with Crippen LogP contribution in [-0.4, -0.2) is 24.4 Å². The minimum atomic E-state index is -6.42. The number of hydrogen-bond donors (Lipinski definition) is 1. The minimum absolute atomic E-state index is 0. The topological polar surface area (TPSA) is 78.2 Å². The first-order valence-electron chi connectivity index (χ1n) is 2.64. The largest absolute Gasteiger partial charge is 0.472 e. The van der Waals surface area contributed by atoms with Crippen molar-refractivity contribution >= 4 is 10.1 Å². The van der Waals surface area contributed by atoms with E-state index in [0.29, 0.717) is 0 Å². The van der Waals surface area contributed by atoms with Crippen molar-refractivity contribution in [2.45, 2.75) is 18.4 Å². The Hall–Kier alpha value is -0.431. The van der Waals surface area contributed by atoms with Crippen LogP contribution in [0.25, 0.3) is 0 Å². The second kappa shape index (κ2) is 6.22. The van der Waals surface area contributed by atoms with Crippen LogP contribution in [0.5, 0.6) is 0 Å². The average molecular weight is 305 g/mol. The molecule has 15 heavy (non-hydrogen) atoms. The molecule has 0 saturated heterocycles. The van der Waals surface area contributed by atoms with Gasteiger partial charge in [0, 0.05) is 24.0 Å². The number of alkyl halides is 5. The SMILES string of the molecule is CC#N.O=S(=O)(O)C(F)(F)C(F)(F)F.[Cu]. The second-order valence-corrected chi connectivity index (χ2v) is 3.18. The predicted molar refractivity (Wildman–Crippen MR) is 33.8 cm³/mol. The van der Waals surface area contributed by atoms with E-state index in [1.165, 1.54) is 6.92 Å². The molecule has 0 rings (SSSR count). The molecule has 0 amide bonds. The summed E-state index contributed by atoms with van der Waals surface area (Å²) in [4.78, 5) is 0. The van der Waals surface area contributed by atoms with Crippen LogP contribution in [0.3, 0.4) is 0 Å². The monoisotopic (exact) mass is 304 g/mol. The fourth-order valence-corrected chi connectivity index (χ4v) is 0.439. The summed E-state index contributed by atoms with van der Waals surface area (Å²) in [7, 11) is -6.42. The zero-order chi connectivity index (χ0) is 12.2. The summed E-state index contributed by atoms with van der Waals surface area (Å²) in [6, 6.07) is 1.75. The first-order valence-corrected chi connectivity index (χ1v) is 4.08. The Kier molecular flexibility index (Phi) is 8.31. The third-order valence-corrected chi connectivity index (χ3v) is 1.53. The van der Waals surface area contributed by atoms with E-state index in [1.807, 2.05) is 0 Å². The molecule has 0 atom stereocenters. The van der Waals surface area contributed by atoms with E-state index in [9.17, 15) is 30.4 Å². The van der Waals surface area contributed by atoms with Crippen LogP contribution >= 0.6 is 0 Å². The van der Waals surface area contributed by atoms with Crippen LogP contribution < -0.4 is 0 Å². The molecule has 0 bridgehead atoms. The third-order valence-electron chi connectivity index (χ3n) is 0.654. The van der Waals surface area contributed by atoms with Crippen molar-refractivity contribution in [1.82, 2.24) is 0 Å². The van der Waals surface area contributed by atoms with Crippen molar-refractivity contribution in [3.8, 4) is 6.07 Å². The number of rotatable bonds is 1. The smallest absolute Gasteiger partial charge is 0.281 e. The van der Waals surface area contributed by atoms with Crippen LogP contribution in [0.1, 0.15) is 6.92 Å². The molecule has 0 saturated carbocycles. The summed E-state index contributed by atoms with van der Waals surface area (Å²) in [5.41, 5.74) is 0. The number of halogens is 5. The van der Waals surface area contributed by atoms with Gasteiger partial charge in [-0.1, -0.05) is 0 Å². The number of nitriles is 1. The summed E-state index contributed by atoms with van der Waals surface area (Å²) < 4.78 is 82.2. The average Bonchev–Trinajstić information content (AvgIpc) is 1.83. The second-order valence-electron chi connectivity index (χ2n) is 1.71. The van der Waals surface area contributed by atoms with Crippen molar-refractivity contribution in [3.05, 3.63) is 0 Å². The molecule has 11 heteroatoms.